The first-order chi connectivity index (χ1) is 10.1. The van der Waals surface area contributed by atoms with Gasteiger partial charge in [-0.15, -0.1) is 0 Å². The van der Waals surface area contributed by atoms with Gasteiger partial charge in [-0.3, -0.25) is 0 Å². The van der Waals surface area contributed by atoms with Gasteiger partial charge >= 0.3 is 0 Å². The van der Waals surface area contributed by atoms with Gasteiger partial charge in [-0.2, -0.15) is 16.7 Å². The average Bonchev–Trinajstić information content (AvgIpc) is 3.00. The Bertz CT molecular complexity index is 543. The number of aromatic nitrogens is 2. The zero-order valence-electron chi connectivity index (χ0n) is 12.8. The fraction of sp³-hybridized carbons (Fsp3) is 0.500. The molecule has 0 saturated carbocycles. The molecule has 2 N–H and O–H groups in total. The molecule has 0 fully saturated rings. The molecule has 1 heterocycles. The van der Waals surface area contributed by atoms with E-state index in [2.05, 4.69) is 24.0 Å². The van der Waals surface area contributed by atoms with Gasteiger partial charge < -0.3 is 10.3 Å². The van der Waals surface area contributed by atoms with E-state index in [4.69, 9.17) is 10.3 Å². The van der Waals surface area contributed by atoms with Gasteiger partial charge in [-0.05, 0) is 12.0 Å². The summed E-state index contributed by atoms with van der Waals surface area (Å²) in [7, 11) is 0. The summed E-state index contributed by atoms with van der Waals surface area (Å²) in [6.07, 6.45) is 1.14. The van der Waals surface area contributed by atoms with Crippen molar-refractivity contribution in [3.05, 3.63) is 47.6 Å². The molecule has 1 aromatic heterocycles. The summed E-state index contributed by atoms with van der Waals surface area (Å²) in [5.41, 5.74) is 7.37. The Kier molecular flexibility index (Phi) is 5.82. The quantitative estimate of drug-likeness (QED) is 0.840. The molecule has 3 unspecified atom stereocenters. The van der Waals surface area contributed by atoms with Crippen LogP contribution in [0.25, 0.3) is 0 Å². The van der Waals surface area contributed by atoms with Crippen molar-refractivity contribution in [3.8, 4) is 0 Å². The van der Waals surface area contributed by atoms with Crippen molar-refractivity contribution in [2.45, 2.75) is 50.2 Å². The normalized spacial score (nSPS) is 15.6. The molecule has 0 amide bonds. The van der Waals surface area contributed by atoms with E-state index in [0.29, 0.717) is 11.1 Å². The number of thioether (sulfide) groups is 1. The van der Waals surface area contributed by atoms with Gasteiger partial charge in [0, 0.05) is 11.3 Å². The van der Waals surface area contributed by atoms with Crippen molar-refractivity contribution in [2.75, 3.05) is 0 Å². The van der Waals surface area contributed by atoms with E-state index < -0.39 is 0 Å². The summed E-state index contributed by atoms with van der Waals surface area (Å²) in [5.74, 6) is 2.15. The lowest BCUT2D eigenvalue weighted by molar-refractivity contribution is 0.341. The highest BCUT2D eigenvalue weighted by molar-refractivity contribution is 7.99. The molecular formula is C16H23N3OS. The molecule has 4 nitrogen and oxygen atoms in total. The van der Waals surface area contributed by atoms with Crippen LogP contribution >= 0.6 is 11.8 Å². The van der Waals surface area contributed by atoms with Crippen LogP contribution in [0.3, 0.4) is 0 Å². The fourth-order valence-electron chi connectivity index (χ4n) is 1.96. The molecule has 0 aliphatic rings. The second-order valence-corrected chi connectivity index (χ2v) is 6.73. The van der Waals surface area contributed by atoms with Crippen LogP contribution < -0.4 is 5.73 Å². The molecule has 0 spiro atoms. The van der Waals surface area contributed by atoms with Gasteiger partial charge in [-0.1, -0.05) is 56.3 Å². The Balaban J connectivity index is 2.00. The van der Waals surface area contributed by atoms with Gasteiger partial charge in [0.15, 0.2) is 5.82 Å². The number of nitrogens with two attached hydrogens (primary N) is 1. The monoisotopic (exact) mass is 305 g/mol. The van der Waals surface area contributed by atoms with E-state index in [-0.39, 0.29) is 12.0 Å². The molecule has 0 aliphatic heterocycles. The molecular weight excluding hydrogens is 282 g/mol. The molecule has 114 valence electrons. The smallest absolute Gasteiger partial charge is 0.231 e. The van der Waals surface area contributed by atoms with Gasteiger partial charge in [0.1, 0.15) is 0 Å². The fourth-order valence-corrected chi connectivity index (χ4v) is 2.75. The highest BCUT2D eigenvalue weighted by atomic mass is 32.2. The van der Waals surface area contributed by atoms with E-state index in [1.54, 1.807) is 0 Å². The number of nitrogens with zero attached hydrogens (tertiary/aromatic N) is 2. The van der Waals surface area contributed by atoms with E-state index in [1.807, 2.05) is 49.0 Å². The highest BCUT2D eigenvalue weighted by Crippen LogP contribution is 2.28. The predicted molar refractivity (Wildman–Crippen MR) is 87.1 cm³/mol. The van der Waals surface area contributed by atoms with Crippen molar-refractivity contribution >= 4 is 11.8 Å². The van der Waals surface area contributed by atoms with Crippen LogP contribution in [0.1, 0.15) is 56.4 Å². The highest BCUT2D eigenvalue weighted by Gasteiger charge is 2.22. The van der Waals surface area contributed by atoms with Crippen molar-refractivity contribution < 1.29 is 4.52 Å². The largest absolute Gasteiger partial charge is 0.339 e. The molecule has 0 radical (unpaired) electrons. The van der Waals surface area contributed by atoms with E-state index >= 15 is 0 Å². The Morgan fingerprint density at radius 1 is 1.24 bits per heavy atom. The minimum Gasteiger partial charge on any atom is -0.339 e. The first kappa shape index (κ1) is 16.0. The topological polar surface area (TPSA) is 64.9 Å². The summed E-state index contributed by atoms with van der Waals surface area (Å²) in [6.45, 7) is 6.41. The number of hydrogen-bond acceptors (Lipinski definition) is 5. The van der Waals surface area contributed by atoms with E-state index in [9.17, 15) is 0 Å². The maximum Gasteiger partial charge on any atom is 0.231 e. The molecule has 0 saturated heterocycles. The Morgan fingerprint density at radius 2 is 1.95 bits per heavy atom. The van der Waals surface area contributed by atoms with Crippen LogP contribution in [0.15, 0.2) is 34.9 Å². The van der Waals surface area contributed by atoms with Gasteiger partial charge in [0.2, 0.25) is 5.89 Å². The maximum absolute atomic E-state index is 6.29. The summed E-state index contributed by atoms with van der Waals surface area (Å²) >= 11 is 1.84. The van der Waals surface area contributed by atoms with Crippen LogP contribution in [0.2, 0.25) is 0 Å². The lowest BCUT2D eigenvalue weighted by Crippen LogP contribution is -2.17. The van der Waals surface area contributed by atoms with Crippen molar-refractivity contribution in [1.29, 1.82) is 0 Å². The minimum absolute atomic E-state index is 0.00208. The molecule has 3 atom stereocenters. The van der Waals surface area contributed by atoms with Crippen LogP contribution in [0, 0.1) is 0 Å². The summed E-state index contributed by atoms with van der Waals surface area (Å²) in [4.78, 5) is 4.48. The van der Waals surface area contributed by atoms with Crippen molar-refractivity contribution in [1.82, 2.24) is 10.1 Å². The number of rotatable bonds is 7. The third kappa shape index (κ3) is 4.32. The summed E-state index contributed by atoms with van der Waals surface area (Å²) in [5, 5.41) is 4.66. The molecule has 1 aromatic carbocycles. The lowest BCUT2D eigenvalue weighted by atomic mass is 9.95. The zero-order valence-corrected chi connectivity index (χ0v) is 13.6. The molecule has 0 aliphatic carbocycles. The number of hydrogen-bond donors (Lipinski definition) is 1. The first-order valence-corrected chi connectivity index (χ1v) is 8.41. The SMILES string of the molecule is CCC(C)SCc1noc(C(C)C(N)c2ccccc2)n1. The molecule has 0 bridgehead atoms. The molecule has 21 heavy (non-hydrogen) atoms. The number of benzene rings is 1. The predicted octanol–water partition coefficient (Wildman–Crippen LogP) is 3.90. The maximum atomic E-state index is 6.29. The molecule has 2 rings (SSSR count). The third-order valence-corrected chi connectivity index (χ3v) is 5.00. The van der Waals surface area contributed by atoms with Gasteiger partial charge in [0.25, 0.3) is 0 Å². The van der Waals surface area contributed by atoms with Crippen LogP contribution in [-0.4, -0.2) is 15.4 Å². The van der Waals surface area contributed by atoms with Crippen molar-refractivity contribution in [2.24, 2.45) is 5.73 Å². The molecule has 5 heteroatoms. The third-order valence-electron chi connectivity index (χ3n) is 3.67. The Hall–Kier alpha value is -1.33. The molecule has 2 aromatic rings. The minimum atomic E-state index is -0.137. The second-order valence-electron chi connectivity index (χ2n) is 5.30. The van der Waals surface area contributed by atoms with Crippen molar-refractivity contribution in [3.63, 3.8) is 0 Å². The van der Waals surface area contributed by atoms with E-state index in [1.165, 1.54) is 0 Å². The van der Waals surface area contributed by atoms with Gasteiger partial charge in [-0.25, -0.2) is 0 Å². The van der Waals surface area contributed by atoms with Crippen LogP contribution in [-0.2, 0) is 5.75 Å². The second kappa shape index (κ2) is 7.61. The Morgan fingerprint density at radius 3 is 2.62 bits per heavy atom. The summed E-state index contributed by atoms with van der Waals surface area (Å²) in [6, 6.07) is 9.88. The first-order valence-electron chi connectivity index (χ1n) is 7.36. The zero-order chi connectivity index (χ0) is 15.2. The van der Waals surface area contributed by atoms with Crippen LogP contribution in [0.4, 0.5) is 0 Å². The van der Waals surface area contributed by atoms with E-state index in [0.717, 1.165) is 23.6 Å². The standard InChI is InChI=1S/C16H23N3OS/c1-4-11(2)21-10-14-18-16(20-19-14)12(3)15(17)13-8-6-5-7-9-13/h5-9,11-12,15H,4,10,17H2,1-3H3. The van der Waals surface area contributed by atoms with Gasteiger partial charge in [0.05, 0.1) is 11.7 Å². The Labute approximate surface area is 130 Å². The lowest BCUT2D eigenvalue weighted by Gasteiger charge is -2.16. The summed E-state index contributed by atoms with van der Waals surface area (Å²) < 4.78 is 5.38. The van der Waals surface area contributed by atoms with Crippen LogP contribution in [0.5, 0.6) is 0 Å². The average molecular weight is 305 g/mol.